The molecule has 8 nitrogen and oxygen atoms in total. The van der Waals surface area contributed by atoms with Crippen LogP contribution in [0, 0.1) is 0 Å². The minimum absolute atomic E-state index is 0.00430. The molecule has 0 aliphatic carbocycles. The van der Waals surface area contributed by atoms with Crippen LogP contribution in [0.15, 0.2) is 41.3 Å². The summed E-state index contributed by atoms with van der Waals surface area (Å²) in [5.74, 6) is 1.79. The third-order valence-electron chi connectivity index (χ3n) is 5.64. The molecule has 32 heavy (non-hydrogen) atoms. The number of rotatable bonds is 7. The van der Waals surface area contributed by atoms with E-state index < -0.39 is 10.0 Å². The average Bonchev–Trinajstić information content (AvgIpc) is 2.80. The molecule has 0 radical (unpaired) electrons. The van der Waals surface area contributed by atoms with Crippen LogP contribution in [0.1, 0.15) is 29.8 Å². The zero-order chi connectivity index (χ0) is 22.7. The molecule has 0 amide bonds. The van der Waals surface area contributed by atoms with E-state index in [9.17, 15) is 13.2 Å². The fourth-order valence-corrected chi connectivity index (χ4v) is 5.36. The van der Waals surface area contributed by atoms with E-state index in [1.165, 1.54) is 10.4 Å². The van der Waals surface area contributed by atoms with Crippen molar-refractivity contribution in [1.29, 1.82) is 0 Å². The Kier molecular flexibility index (Phi) is 6.68. The molecule has 172 valence electrons. The lowest BCUT2D eigenvalue weighted by atomic mass is 10.1. The number of hydrogen-bond donors (Lipinski definition) is 0. The molecule has 4 rings (SSSR count). The van der Waals surface area contributed by atoms with Crippen LogP contribution in [0.3, 0.4) is 0 Å². The number of carbonyl (C=O) groups is 1. The number of carbonyl (C=O) groups excluding carboxylic acids is 1. The maximum Gasteiger partial charge on any atom is 0.243 e. The van der Waals surface area contributed by atoms with Crippen molar-refractivity contribution in [2.24, 2.45) is 0 Å². The smallest absolute Gasteiger partial charge is 0.243 e. The average molecular weight is 461 g/mol. The zero-order valence-corrected chi connectivity index (χ0v) is 19.2. The molecule has 2 aliphatic rings. The topological polar surface area (TPSA) is 85.4 Å². The van der Waals surface area contributed by atoms with Gasteiger partial charge in [-0.3, -0.25) is 9.69 Å². The van der Waals surface area contributed by atoms with Gasteiger partial charge in [0.25, 0.3) is 0 Å². The van der Waals surface area contributed by atoms with Crippen LogP contribution in [0.25, 0.3) is 0 Å². The van der Waals surface area contributed by atoms with Gasteiger partial charge >= 0.3 is 0 Å². The second-order valence-electron chi connectivity index (χ2n) is 7.80. The third-order valence-corrected chi connectivity index (χ3v) is 7.54. The molecular formula is C23H28N2O6S. The SMILES string of the molecule is CCOc1ccc(C(C)=O)cc1CN1CCN(S(=O)(=O)c2ccc3c(c2)OCCO3)CC1. The molecule has 0 aromatic heterocycles. The maximum absolute atomic E-state index is 13.2. The van der Waals surface area contributed by atoms with Gasteiger partial charge < -0.3 is 14.2 Å². The number of ketones is 1. The molecule has 0 bridgehead atoms. The summed E-state index contributed by atoms with van der Waals surface area (Å²) in [5, 5.41) is 0. The molecule has 9 heteroatoms. The predicted octanol–water partition coefficient (Wildman–Crippen LogP) is 2.57. The monoisotopic (exact) mass is 460 g/mol. The van der Waals surface area contributed by atoms with Crippen LogP contribution in [0.5, 0.6) is 17.2 Å². The van der Waals surface area contributed by atoms with Crippen molar-refractivity contribution in [3.05, 3.63) is 47.5 Å². The van der Waals surface area contributed by atoms with Gasteiger partial charge in [-0.05, 0) is 44.2 Å². The highest BCUT2D eigenvalue weighted by Gasteiger charge is 2.30. The summed E-state index contributed by atoms with van der Waals surface area (Å²) in [4.78, 5) is 14.2. The Labute approximate surface area is 188 Å². The van der Waals surface area contributed by atoms with Gasteiger partial charge in [0.2, 0.25) is 10.0 Å². The molecule has 0 spiro atoms. The third kappa shape index (κ3) is 4.74. The number of sulfonamides is 1. The van der Waals surface area contributed by atoms with Gasteiger partial charge in [-0.2, -0.15) is 4.31 Å². The molecule has 2 aromatic carbocycles. The highest BCUT2D eigenvalue weighted by Crippen LogP contribution is 2.33. The van der Waals surface area contributed by atoms with Gasteiger partial charge in [0, 0.05) is 49.9 Å². The van der Waals surface area contributed by atoms with Gasteiger partial charge in [0.15, 0.2) is 17.3 Å². The van der Waals surface area contributed by atoms with Crippen molar-refractivity contribution in [1.82, 2.24) is 9.21 Å². The first-order chi connectivity index (χ1) is 15.4. The number of Topliss-reactive ketones (excluding diaryl/α,β-unsaturated/α-hetero) is 1. The van der Waals surface area contributed by atoms with E-state index in [0.717, 1.165) is 11.3 Å². The molecule has 0 N–H and O–H groups in total. The number of nitrogens with zero attached hydrogens (tertiary/aromatic N) is 2. The molecule has 0 unspecified atom stereocenters. The van der Waals surface area contributed by atoms with Crippen LogP contribution in [-0.4, -0.2) is 69.4 Å². The lowest BCUT2D eigenvalue weighted by molar-refractivity contribution is 0.101. The Morgan fingerprint density at radius 2 is 1.72 bits per heavy atom. The van der Waals surface area contributed by atoms with Gasteiger partial charge in [-0.25, -0.2) is 8.42 Å². The fraction of sp³-hybridized carbons (Fsp3) is 0.435. The second kappa shape index (κ2) is 9.48. The summed E-state index contributed by atoms with van der Waals surface area (Å²) in [6, 6.07) is 10.2. The predicted molar refractivity (Wildman–Crippen MR) is 119 cm³/mol. The minimum atomic E-state index is -3.62. The number of piperazine rings is 1. The maximum atomic E-state index is 13.2. The summed E-state index contributed by atoms with van der Waals surface area (Å²) in [7, 11) is -3.62. The van der Waals surface area contributed by atoms with Crippen LogP contribution in [-0.2, 0) is 16.6 Å². The van der Waals surface area contributed by atoms with Gasteiger partial charge in [-0.15, -0.1) is 0 Å². The molecule has 2 heterocycles. The summed E-state index contributed by atoms with van der Waals surface area (Å²) in [5.41, 5.74) is 1.57. The van der Waals surface area contributed by atoms with Gasteiger partial charge in [0.1, 0.15) is 19.0 Å². The quantitative estimate of drug-likeness (QED) is 0.587. The van der Waals surface area contributed by atoms with Crippen molar-refractivity contribution in [2.45, 2.75) is 25.3 Å². The Morgan fingerprint density at radius 1 is 1.00 bits per heavy atom. The van der Waals surface area contributed by atoms with E-state index in [2.05, 4.69) is 4.90 Å². The summed E-state index contributed by atoms with van der Waals surface area (Å²) < 4.78 is 44.6. The Balaban J connectivity index is 1.44. The van der Waals surface area contributed by atoms with E-state index >= 15 is 0 Å². The molecule has 0 saturated carbocycles. The standard InChI is InChI=1S/C23H28N2O6S/c1-3-29-21-6-4-18(17(2)26)14-19(21)16-24-8-10-25(11-9-24)32(27,28)20-5-7-22-23(15-20)31-13-12-30-22/h4-7,14-15H,3,8-13,16H2,1-2H3. The number of fused-ring (bicyclic) bond motifs is 1. The van der Waals surface area contributed by atoms with Crippen LogP contribution >= 0.6 is 0 Å². The first-order valence-electron chi connectivity index (χ1n) is 10.8. The first-order valence-corrected chi connectivity index (χ1v) is 12.2. The minimum Gasteiger partial charge on any atom is -0.494 e. The Hall–Kier alpha value is -2.62. The van der Waals surface area contributed by atoms with E-state index in [0.29, 0.717) is 69.6 Å². The second-order valence-corrected chi connectivity index (χ2v) is 9.74. The number of benzene rings is 2. The van der Waals surface area contributed by atoms with Crippen molar-refractivity contribution in [3.8, 4) is 17.2 Å². The van der Waals surface area contributed by atoms with Crippen molar-refractivity contribution >= 4 is 15.8 Å². The molecule has 0 atom stereocenters. The Morgan fingerprint density at radius 3 is 2.41 bits per heavy atom. The van der Waals surface area contributed by atoms with E-state index in [1.807, 2.05) is 19.1 Å². The number of ether oxygens (including phenoxy) is 3. The van der Waals surface area contributed by atoms with E-state index in [4.69, 9.17) is 14.2 Å². The molecule has 1 saturated heterocycles. The fourth-order valence-electron chi connectivity index (χ4n) is 3.92. The summed E-state index contributed by atoms with van der Waals surface area (Å²) in [6.45, 7) is 7.39. The van der Waals surface area contributed by atoms with Crippen LogP contribution < -0.4 is 14.2 Å². The summed E-state index contributed by atoms with van der Waals surface area (Å²) >= 11 is 0. The first kappa shape index (κ1) is 22.6. The van der Waals surface area contributed by atoms with Crippen molar-refractivity contribution < 1.29 is 27.4 Å². The Bertz CT molecular complexity index is 1090. The lowest BCUT2D eigenvalue weighted by Crippen LogP contribution is -2.48. The molecule has 2 aliphatic heterocycles. The molecule has 1 fully saturated rings. The van der Waals surface area contributed by atoms with E-state index in [-0.39, 0.29) is 10.7 Å². The molecule has 2 aromatic rings. The summed E-state index contributed by atoms with van der Waals surface area (Å²) in [6.07, 6.45) is 0. The van der Waals surface area contributed by atoms with Crippen LogP contribution in [0.2, 0.25) is 0 Å². The van der Waals surface area contributed by atoms with Crippen molar-refractivity contribution in [3.63, 3.8) is 0 Å². The van der Waals surface area contributed by atoms with Crippen LogP contribution in [0.4, 0.5) is 0 Å². The molecular weight excluding hydrogens is 432 g/mol. The highest BCUT2D eigenvalue weighted by molar-refractivity contribution is 7.89. The highest BCUT2D eigenvalue weighted by atomic mass is 32.2. The van der Waals surface area contributed by atoms with E-state index in [1.54, 1.807) is 25.1 Å². The number of hydrogen-bond acceptors (Lipinski definition) is 7. The lowest BCUT2D eigenvalue weighted by Gasteiger charge is -2.34. The zero-order valence-electron chi connectivity index (χ0n) is 18.4. The van der Waals surface area contributed by atoms with Gasteiger partial charge in [0.05, 0.1) is 11.5 Å². The normalized spacial score (nSPS) is 17.2. The van der Waals surface area contributed by atoms with Crippen molar-refractivity contribution in [2.75, 3.05) is 46.0 Å². The van der Waals surface area contributed by atoms with Gasteiger partial charge in [-0.1, -0.05) is 0 Å². The largest absolute Gasteiger partial charge is 0.494 e.